The van der Waals surface area contributed by atoms with E-state index in [1.54, 1.807) is 28.8 Å². The highest BCUT2D eigenvalue weighted by molar-refractivity contribution is 7.99. The number of benzene rings is 2. The van der Waals surface area contributed by atoms with Gasteiger partial charge in [-0.3, -0.25) is 14.2 Å². The van der Waals surface area contributed by atoms with E-state index in [-0.39, 0.29) is 17.1 Å². The van der Waals surface area contributed by atoms with Crippen LogP contribution in [0.2, 0.25) is 5.02 Å². The molecule has 0 aliphatic rings. The number of nitrogens with zero attached hydrogens (tertiary/aromatic N) is 2. The van der Waals surface area contributed by atoms with Gasteiger partial charge in [0.1, 0.15) is 5.78 Å². The molecule has 0 amide bonds. The van der Waals surface area contributed by atoms with Crippen LogP contribution in [0.1, 0.15) is 12.5 Å². The second kappa shape index (κ2) is 7.20. The molecule has 122 valence electrons. The highest BCUT2D eigenvalue weighted by atomic mass is 35.5. The number of carbonyl (C=O) groups is 1. The van der Waals surface area contributed by atoms with Crippen molar-refractivity contribution in [2.75, 3.05) is 5.75 Å². The maximum absolute atomic E-state index is 12.9. The molecule has 1 heterocycles. The van der Waals surface area contributed by atoms with Crippen molar-refractivity contribution in [1.29, 1.82) is 0 Å². The normalized spacial score (nSPS) is 10.9. The van der Waals surface area contributed by atoms with Crippen LogP contribution in [0, 0.1) is 0 Å². The van der Waals surface area contributed by atoms with E-state index in [0.717, 1.165) is 5.56 Å². The lowest BCUT2D eigenvalue weighted by atomic mass is 10.2. The predicted octanol–water partition coefficient (Wildman–Crippen LogP) is 3.78. The minimum Gasteiger partial charge on any atom is -0.299 e. The number of fused-ring (bicyclic) bond motifs is 1. The first kappa shape index (κ1) is 16.7. The summed E-state index contributed by atoms with van der Waals surface area (Å²) >= 11 is 7.20. The molecule has 24 heavy (non-hydrogen) atoms. The second-order valence-corrected chi connectivity index (χ2v) is 6.80. The highest BCUT2D eigenvalue weighted by Crippen LogP contribution is 2.19. The molecule has 0 spiro atoms. The molecule has 2 aromatic carbocycles. The molecule has 3 aromatic rings. The summed E-state index contributed by atoms with van der Waals surface area (Å²) in [6.07, 6.45) is 0. The molecule has 0 atom stereocenters. The maximum Gasteiger partial charge on any atom is 0.262 e. The van der Waals surface area contributed by atoms with Crippen molar-refractivity contribution in [2.24, 2.45) is 0 Å². The lowest BCUT2D eigenvalue weighted by Crippen LogP contribution is -2.24. The summed E-state index contributed by atoms with van der Waals surface area (Å²) < 4.78 is 1.61. The lowest BCUT2D eigenvalue weighted by molar-refractivity contribution is -0.114. The number of ketones is 1. The Morgan fingerprint density at radius 2 is 1.88 bits per heavy atom. The largest absolute Gasteiger partial charge is 0.299 e. The quantitative estimate of drug-likeness (QED) is 0.514. The highest BCUT2D eigenvalue weighted by Gasteiger charge is 2.12. The second-order valence-electron chi connectivity index (χ2n) is 5.42. The topological polar surface area (TPSA) is 52.0 Å². The number of aromatic nitrogens is 2. The van der Waals surface area contributed by atoms with Gasteiger partial charge in [0.05, 0.1) is 23.2 Å². The van der Waals surface area contributed by atoms with Crippen LogP contribution in [0.4, 0.5) is 0 Å². The molecule has 3 rings (SSSR count). The molecule has 0 fully saturated rings. The average molecular weight is 359 g/mol. The van der Waals surface area contributed by atoms with E-state index < -0.39 is 0 Å². The molecule has 6 heteroatoms. The summed E-state index contributed by atoms with van der Waals surface area (Å²) in [6.45, 7) is 1.91. The number of hydrogen-bond donors (Lipinski definition) is 0. The smallest absolute Gasteiger partial charge is 0.262 e. The number of hydrogen-bond acceptors (Lipinski definition) is 4. The minimum atomic E-state index is -0.110. The minimum absolute atomic E-state index is 0.0421. The van der Waals surface area contributed by atoms with E-state index >= 15 is 0 Å². The Bertz CT molecular complexity index is 951. The number of rotatable bonds is 5. The van der Waals surface area contributed by atoms with Crippen LogP contribution < -0.4 is 5.56 Å². The van der Waals surface area contributed by atoms with Crippen LogP contribution in [0.25, 0.3) is 10.9 Å². The third-order valence-corrected chi connectivity index (χ3v) is 4.86. The number of para-hydroxylation sites is 1. The molecule has 0 aliphatic heterocycles. The van der Waals surface area contributed by atoms with E-state index in [1.807, 2.05) is 24.3 Å². The van der Waals surface area contributed by atoms with Crippen molar-refractivity contribution in [1.82, 2.24) is 9.55 Å². The van der Waals surface area contributed by atoms with Crippen molar-refractivity contribution >= 4 is 40.0 Å². The summed E-state index contributed by atoms with van der Waals surface area (Å²) in [4.78, 5) is 28.8. The van der Waals surface area contributed by atoms with E-state index in [0.29, 0.717) is 27.6 Å². The van der Waals surface area contributed by atoms with Crippen LogP contribution >= 0.6 is 23.4 Å². The molecule has 0 saturated heterocycles. The fourth-order valence-corrected chi connectivity index (χ4v) is 3.26. The molecule has 1 aromatic heterocycles. The average Bonchev–Trinajstić information content (AvgIpc) is 2.57. The Morgan fingerprint density at radius 1 is 1.17 bits per heavy atom. The molecule has 0 N–H and O–H groups in total. The Morgan fingerprint density at radius 3 is 2.58 bits per heavy atom. The molecule has 0 unspecified atom stereocenters. The van der Waals surface area contributed by atoms with Gasteiger partial charge in [0.15, 0.2) is 5.16 Å². The Hall–Kier alpha value is -2.11. The van der Waals surface area contributed by atoms with Crippen molar-refractivity contribution < 1.29 is 4.79 Å². The Balaban J connectivity index is 2.09. The fourth-order valence-electron chi connectivity index (χ4n) is 2.34. The van der Waals surface area contributed by atoms with E-state index in [9.17, 15) is 9.59 Å². The monoisotopic (exact) mass is 358 g/mol. The fraction of sp³-hybridized carbons (Fsp3) is 0.167. The van der Waals surface area contributed by atoms with E-state index in [4.69, 9.17) is 11.6 Å². The predicted molar refractivity (Wildman–Crippen MR) is 98.0 cm³/mol. The van der Waals surface area contributed by atoms with Gasteiger partial charge in [-0.2, -0.15) is 0 Å². The summed E-state index contributed by atoms with van der Waals surface area (Å²) in [7, 11) is 0. The summed E-state index contributed by atoms with van der Waals surface area (Å²) in [5.74, 6) is 0.325. The Labute approximate surface area is 148 Å². The molecule has 0 aliphatic carbocycles. The lowest BCUT2D eigenvalue weighted by Gasteiger charge is -2.13. The zero-order chi connectivity index (χ0) is 17.1. The van der Waals surface area contributed by atoms with Gasteiger partial charge in [0.2, 0.25) is 0 Å². The van der Waals surface area contributed by atoms with E-state index in [1.165, 1.54) is 18.7 Å². The van der Waals surface area contributed by atoms with Crippen molar-refractivity contribution in [2.45, 2.75) is 18.6 Å². The van der Waals surface area contributed by atoms with Crippen LogP contribution in [-0.4, -0.2) is 21.1 Å². The molecular weight excluding hydrogens is 344 g/mol. The maximum atomic E-state index is 12.9. The summed E-state index contributed by atoms with van der Waals surface area (Å²) in [6, 6.07) is 14.6. The summed E-state index contributed by atoms with van der Waals surface area (Å²) in [5.41, 5.74) is 1.48. The van der Waals surface area contributed by atoms with Gasteiger partial charge in [-0.25, -0.2) is 4.98 Å². The first-order valence-corrected chi connectivity index (χ1v) is 8.77. The van der Waals surface area contributed by atoms with Crippen LogP contribution in [-0.2, 0) is 11.3 Å². The van der Waals surface area contributed by atoms with Gasteiger partial charge in [0.25, 0.3) is 5.56 Å². The van der Waals surface area contributed by atoms with E-state index in [2.05, 4.69) is 4.98 Å². The standard InChI is InChI=1S/C18H15ClN2O2S/c1-12(22)11-24-18-20-16-5-3-2-4-15(16)17(23)21(18)10-13-6-8-14(19)9-7-13/h2-9H,10-11H2,1H3. The SMILES string of the molecule is CC(=O)CSc1nc2ccccc2c(=O)n1Cc1ccc(Cl)cc1. The van der Waals surface area contributed by atoms with Crippen molar-refractivity contribution in [3.05, 3.63) is 69.5 Å². The van der Waals surface area contributed by atoms with Crippen molar-refractivity contribution in [3.63, 3.8) is 0 Å². The van der Waals surface area contributed by atoms with Gasteiger partial charge in [-0.15, -0.1) is 0 Å². The third kappa shape index (κ3) is 3.68. The zero-order valence-corrected chi connectivity index (χ0v) is 14.6. The summed E-state index contributed by atoms with van der Waals surface area (Å²) in [5, 5.41) is 1.76. The molecule has 0 bridgehead atoms. The van der Waals surface area contributed by atoms with Gasteiger partial charge in [0, 0.05) is 5.02 Å². The first-order valence-electron chi connectivity index (χ1n) is 7.41. The first-order chi connectivity index (χ1) is 11.5. The van der Waals surface area contributed by atoms with Crippen LogP contribution in [0.15, 0.2) is 58.5 Å². The van der Waals surface area contributed by atoms with Gasteiger partial charge >= 0.3 is 0 Å². The molecule has 0 radical (unpaired) electrons. The third-order valence-electron chi connectivity index (χ3n) is 3.49. The van der Waals surface area contributed by atoms with Crippen LogP contribution in [0.3, 0.4) is 0 Å². The zero-order valence-electron chi connectivity index (χ0n) is 13.0. The molecule has 4 nitrogen and oxygen atoms in total. The van der Waals surface area contributed by atoms with Crippen LogP contribution in [0.5, 0.6) is 0 Å². The van der Waals surface area contributed by atoms with Gasteiger partial charge < -0.3 is 0 Å². The van der Waals surface area contributed by atoms with Gasteiger partial charge in [-0.05, 0) is 36.8 Å². The van der Waals surface area contributed by atoms with Gasteiger partial charge in [-0.1, -0.05) is 47.6 Å². The molecule has 0 saturated carbocycles. The number of halogens is 1. The molecular formula is C18H15ClN2O2S. The number of Topliss-reactive ketones (excluding diaryl/α,β-unsaturated/α-hetero) is 1. The van der Waals surface area contributed by atoms with Crippen molar-refractivity contribution in [3.8, 4) is 0 Å². The number of carbonyl (C=O) groups excluding carboxylic acids is 1. The number of thioether (sulfide) groups is 1. The Kier molecular flexibility index (Phi) is 5.02.